The number of piperidine rings is 1. The molecule has 37 heavy (non-hydrogen) atoms. The van der Waals surface area contributed by atoms with Gasteiger partial charge >= 0.3 is 5.97 Å². The molecule has 0 radical (unpaired) electrons. The first-order valence-corrected chi connectivity index (χ1v) is 12.5. The van der Waals surface area contributed by atoms with Gasteiger partial charge < -0.3 is 24.2 Å². The number of nitrogens with zero attached hydrogens (tertiary/aromatic N) is 2. The molecule has 0 bridgehead atoms. The molecule has 1 saturated heterocycles. The van der Waals surface area contributed by atoms with Crippen LogP contribution in [-0.4, -0.2) is 43.7 Å². The normalized spacial score (nSPS) is 16.4. The highest BCUT2D eigenvalue weighted by molar-refractivity contribution is 6.28. The van der Waals surface area contributed by atoms with E-state index in [4.69, 9.17) is 14.0 Å². The van der Waals surface area contributed by atoms with Crippen molar-refractivity contribution in [2.24, 2.45) is 5.92 Å². The van der Waals surface area contributed by atoms with Crippen molar-refractivity contribution >= 4 is 39.7 Å². The molecule has 8 nitrogen and oxygen atoms in total. The van der Waals surface area contributed by atoms with E-state index in [0.29, 0.717) is 46.6 Å². The highest BCUT2D eigenvalue weighted by atomic mass is 16.5. The summed E-state index contributed by atoms with van der Waals surface area (Å²) in [4.78, 5) is 28.5. The minimum absolute atomic E-state index is 0.0816. The molecule has 188 valence electrons. The van der Waals surface area contributed by atoms with Crippen molar-refractivity contribution < 1.29 is 23.6 Å². The number of fused-ring (bicyclic) bond motifs is 2. The van der Waals surface area contributed by atoms with Crippen LogP contribution in [0.4, 0.5) is 17.1 Å². The monoisotopic (exact) mass is 497 g/mol. The lowest BCUT2D eigenvalue weighted by molar-refractivity contribution is -0.148. The molecule has 1 N–H and O–H groups in total. The molecule has 1 aliphatic carbocycles. The molecule has 2 heterocycles. The number of aromatic nitrogens is 1. The Morgan fingerprint density at radius 2 is 1.95 bits per heavy atom. The van der Waals surface area contributed by atoms with E-state index in [2.05, 4.69) is 15.4 Å². The van der Waals surface area contributed by atoms with Crippen LogP contribution in [-0.2, 0) is 9.53 Å². The molecular formula is C29H27N3O5. The van der Waals surface area contributed by atoms with Crippen molar-refractivity contribution in [3.63, 3.8) is 0 Å². The van der Waals surface area contributed by atoms with Crippen LogP contribution >= 0.6 is 0 Å². The second-order valence-electron chi connectivity index (χ2n) is 9.32. The Hall–Kier alpha value is -4.33. The van der Waals surface area contributed by atoms with Crippen LogP contribution < -0.4 is 15.0 Å². The number of ether oxygens (including phenoxy) is 2. The molecule has 1 atom stereocenters. The summed E-state index contributed by atoms with van der Waals surface area (Å²) < 4.78 is 16.5. The Balaban J connectivity index is 1.50. The van der Waals surface area contributed by atoms with Crippen LogP contribution in [0.25, 0.3) is 22.2 Å². The number of carbonyl (C=O) groups excluding carboxylic acids is 2. The van der Waals surface area contributed by atoms with Gasteiger partial charge in [-0.05, 0) is 50.1 Å². The van der Waals surface area contributed by atoms with Gasteiger partial charge in [0.25, 0.3) is 0 Å². The van der Waals surface area contributed by atoms with Crippen LogP contribution in [0.2, 0.25) is 0 Å². The second-order valence-corrected chi connectivity index (χ2v) is 9.32. The highest BCUT2D eigenvalue weighted by Crippen LogP contribution is 2.46. The van der Waals surface area contributed by atoms with Crippen LogP contribution in [0, 0.1) is 5.92 Å². The van der Waals surface area contributed by atoms with Crippen LogP contribution in [0.15, 0.2) is 59.1 Å². The Morgan fingerprint density at radius 1 is 1.16 bits per heavy atom. The number of hydrogen-bond acceptors (Lipinski definition) is 8. The van der Waals surface area contributed by atoms with Gasteiger partial charge in [0.1, 0.15) is 11.3 Å². The summed E-state index contributed by atoms with van der Waals surface area (Å²) in [7, 11) is 1.62. The fourth-order valence-electron chi connectivity index (χ4n) is 5.36. The second kappa shape index (κ2) is 9.28. The van der Waals surface area contributed by atoms with Gasteiger partial charge in [0, 0.05) is 29.9 Å². The fourth-order valence-corrected chi connectivity index (χ4v) is 5.36. The van der Waals surface area contributed by atoms with Crippen LogP contribution in [0.3, 0.4) is 0 Å². The summed E-state index contributed by atoms with van der Waals surface area (Å²) in [5, 5.41) is 8.59. The van der Waals surface area contributed by atoms with E-state index in [9.17, 15) is 9.59 Å². The molecule has 1 aliphatic heterocycles. The number of rotatable bonds is 6. The van der Waals surface area contributed by atoms with Gasteiger partial charge in [0.2, 0.25) is 0 Å². The summed E-state index contributed by atoms with van der Waals surface area (Å²) in [5.41, 5.74) is 4.77. The first-order chi connectivity index (χ1) is 18.1. The summed E-state index contributed by atoms with van der Waals surface area (Å²) in [6.07, 6.45) is 1.63. The topological polar surface area (TPSA) is 93.9 Å². The first-order valence-electron chi connectivity index (χ1n) is 12.5. The number of carbonyl (C=O) groups is 2. The predicted molar refractivity (Wildman–Crippen MR) is 141 cm³/mol. The Bertz CT molecular complexity index is 1510. The highest BCUT2D eigenvalue weighted by Gasteiger charge is 2.35. The van der Waals surface area contributed by atoms with Crippen molar-refractivity contribution in [3.05, 3.63) is 65.7 Å². The summed E-state index contributed by atoms with van der Waals surface area (Å²) in [6.45, 7) is 3.46. The Morgan fingerprint density at radius 3 is 2.70 bits per heavy atom. The third kappa shape index (κ3) is 3.89. The van der Waals surface area contributed by atoms with Gasteiger partial charge in [-0.15, -0.1) is 0 Å². The lowest BCUT2D eigenvalue weighted by Crippen LogP contribution is -2.39. The Kier molecular flexibility index (Phi) is 5.79. The van der Waals surface area contributed by atoms with Gasteiger partial charge in [0.15, 0.2) is 11.5 Å². The predicted octanol–water partition coefficient (Wildman–Crippen LogP) is 5.57. The summed E-state index contributed by atoms with van der Waals surface area (Å²) in [5.74, 6) is 0.846. The van der Waals surface area contributed by atoms with Crippen molar-refractivity contribution in [1.29, 1.82) is 0 Å². The van der Waals surface area contributed by atoms with Crippen LogP contribution in [0.5, 0.6) is 5.75 Å². The van der Waals surface area contributed by atoms with E-state index in [-0.39, 0.29) is 17.7 Å². The number of hydrogen-bond donors (Lipinski definition) is 1. The fraction of sp³-hybridized carbons (Fsp3) is 0.276. The largest absolute Gasteiger partial charge is 0.497 e. The number of nitrogens with one attached hydrogen (secondary N) is 1. The zero-order chi connectivity index (χ0) is 25.5. The smallest absolute Gasteiger partial charge is 0.310 e. The van der Waals surface area contributed by atoms with Gasteiger partial charge in [0.05, 0.1) is 42.0 Å². The molecule has 3 aromatic carbocycles. The lowest BCUT2D eigenvalue weighted by atomic mass is 9.86. The zero-order valence-electron chi connectivity index (χ0n) is 20.7. The number of anilines is 3. The third-order valence-corrected chi connectivity index (χ3v) is 7.13. The van der Waals surface area contributed by atoms with Crippen LogP contribution in [0.1, 0.15) is 35.7 Å². The van der Waals surface area contributed by atoms with E-state index < -0.39 is 0 Å². The number of benzene rings is 3. The Labute approximate surface area is 214 Å². The molecule has 1 aromatic heterocycles. The van der Waals surface area contributed by atoms with Crippen molar-refractivity contribution in [1.82, 2.24) is 5.16 Å². The average Bonchev–Trinajstić information content (AvgIpc) is 3.38. The average molecular weight is 498 g/mol. The van der Waals surface area contributed by atoms with Gasteiger partial charge in [-0.25, -0.2) is 0 Å². The van der Waals surface area contributed by atoms with E-state index in [1.165, 1.54) is 0 Å². The van der Waals surface area contributed by atoms with E-state index >= 15 is 0 Å². The van der Waals surface area contributed by atoms with Gasteiger partial charge in [-0.2, -0.15) is 0 Å². The molecule has 2 aliphatic rings. The van der Waals surface area contributed by atoms with E-state index in [1.54, 1.807) is 7.11 Å². The number of ketones is 1. The zero-order valence-corrected chi connectivity index (χ0v) is 20.7. The van der Waals surface area contributed by atoms with E-state index in [0.717, 1.165) is 42.1 Å². The molecule has 4 aromatic rings. The molecule has 6 rings (SSSR count). The molecular weight excluding hydrogens is 470 g/mol. The van der Waals surface area contributed by atoms with Crippen molar-refractivity contribution in [2.75, 3.05) is 37.0 Å². The number of esters is 1. The molecule has 0 spiro atoms. The van der Waals surface area contributed by atoms with Gasteiger partial charge in [-0.3, -0.25) is 9.59 Å². The maximum absolute atomic E-state index is 13.8. The standard InChI is InChI=1S/C29H27N3O5/c1-3-36-29(34)17-7-6-14-32(16-17)23-15-22(30-18-10-12-19(35-2)13-11-18)24-25-26(23)31-37-28(25)21-9-5-4-8-20(21)27(24)33/h4-5,8-13,15,17,30H,3,6-7,14,16H2,1-2H3/t17-/m0/s1. The maximum atomic E-state index is 13.8. The van der Waals surface area contributed by atoms with E-state index in [1.807, 2.05) is 61.5 Å². The third-order valence-electron chi connectivity index (χ3n) is 7.13. The maximum Gasteiger partial charge on any atom is 0.310 e. The van der Waals surface area contributed by atoms with Crippen molar-refractivity contribution in [2.45, 2.75) is 19.8 Å². The number of methoxy groups -OCH3 is 1. The lowest BCUT2D eigenvalue weighted by Gasteiger charge is -2.34. The SMILES string of the molecule is CCOC(=O)[C@H]1CCCN(c2cc(Nc3ccc(OC)cc3)c3c4c(onc24)-c2ccccc2C3=O)C1. The summed E-state index contributed by atoms with van der Waals surface area (Å²) >= 11 is 0. The van der Waals surface area contributed by atoms with Crippen molar-refractivity contribution in [3.8, 4) is 17.1 Å². The quantitative estimate of drug-likeness (QED) is 0.304. The molecule has 8 heteroatoms. The molecule has 0 saturated carbocycles. The first kappa shape index (κ1) is 23.1. The molecule has 0 unspecified atom stereocenters. The summed E-state index contributed by atoms with van der Waals surface area (Å²) in [6, 6.07) is 16.9. The minimum atomic E-state index is -0.219. The molecule has 1 fully saturated rings. The van der Waals surface area contributed by atoms with Gasteiger partial charge in [-0.1, -0.05) is 29.4 Å². The minimum Gasteiger partial charge on any atom is -0.497 e. The molecule has 0 amide bonds.